The summed E-state index contributed by atoms with van der Waals surface area (Å²) >= 11 is 0. The molecular formula is C44H29N3O. The number of fused-ring (bicyclic) bond motifs is 8. The highest BCUT2D eigenvalue weighted by Gasteiger charge is 2.25. The van der Waals surface area contributed by atoms with Gasteiger partial charge in [0.2, 0.25) is 6.29 Å². The van der Waals surface area contributed by atoms with Crippen LogP contribution in [0.1, 0.15) is 11.9 Å². The fourth-order valence-electron chi connectivity index (χ4n) is 7.40. The largest absolute Gasteiger partial charge is 0.455 e. The highest BCUT2D eigenvalue weighted by Crippen LogP contribution is 2.42. The first-order chi connectivity index (χ1) is 23.8. The zero-order valence-corrected chi connectivity index (χ0v) is 26.0. The van der Waals surface area contributed by atoms with Gasteiger partial charge in [0.05, 0.1) is 27.5 Å². The smallest absolute Gasteiger partial charge is 0.201 e. The number of aromatic nitrogens is 1. The third-order valence-corrected chi connectivity index (χ3v) is 9.63. The van der Waals surface area contributed by atoms with E-state index >= 15 is 0 Å². The van der Waals surface area contributed by atoms with Gasteiger partial charge in [-0.05, 0) is 64.2 Å². The van der Waals surface area contributed by atoms with E-state index in [1.165, 1.54) is 16.7 Å². The van der Waals surface area contributed by atoms with Crippen molar-refractivity contribution in [2.24, 2.45) is 4.99 Å². The minimum absolute atomic E-state index is 0.400. The van der Waals surface area contributed by atoms with Gasteiger partial charge in [0.1, 0.15) is 11.2 Å². The SMILES string of the molecule is c1ccc(-c2cccc(C3=c4ccccc4=NC(n4c5cc(-c6ccccc6)ccc5c5c6oc7ccccc7c6ccc54)N3)c2)cc1. The lowest BCUT2D eigenvalue weighted by Crippen LogP contribution is -2.41. The number of para-hydroxylation sites is 2. The lowest BCUT2D eigenvalue weighted by molar-refractivity contribution is 0.489. The zero-order valence-electron chi connectivity index (χ0n) is 26.0. The van der Waals surface area contributed by atoms with Crippen molar-refractivity contribution in [1.82, 2.24) is 9.88 Å². The summed E-state index contributed by atoms with van der Waals surface area (Å²) in [5.74, 6) is 0. The third kappa shape index (κ3) is 4.13. The van der Waals surface area contributed by atoms with E-state index in [2.05, 4.69) is 162 Å². The standard InChI is InChI=1S/C44H29N3O/c1-3-12-28(13-4-1)30-16-11-17-32(26-30)42-35-19-7-9-20-37(35)45-44(46-42)47-38-25-24-34-33-18-8-10-21-40(33)48-43(34)41(38)36-23-22-31(27-39(36)47)29-14-5-2-6-15-29/h1-27,44,46H. The van der Waals surface area contributed by atoms with Crippen LogP contribution in [0.5, 0.6) is 0 Å². The van der Waals surface area contributed by atoms with Gasteiger partial charge in [0.15, 0.2) is 0 Å². The molecule has 9 aromatic rings. The molecule has 0 saturated carbocycles. The Bertz CT molecular complexity index is 2810. The van der Waals surface area contributed by atoms with Gasteiger partial charge in [-0.15, -0.1) is 0 Å². The van der Waals surface area contributed by atoms with Crippen molar-refractivity contribution in [2.75, 3.05) is 0 Å². The van der Waals surface area contributed by atoms with Crippen molar-refractivity contribution in [3.63, 3.8) is 0 Å². The first-order valence-electron chi connectivity index (χ1n) is 16.3. The predicted molar refractivity (Wildman–Crippen MR) is 196 cm³/mol. The molecule has 0 radical (unpaired) electrons. The predicted octanol–water partition coefficient (Wildman–Crippen LogP) is 9.56. The molecule has 1 atom stereocenters. The molecule has 226 valence electrons. The van der Waals surface area contributed by atoms with Crippen LogP contribution < -0.4 is 15.9 Å². The first kappa shape index (κ1) is 26.8. The van der Waals surface area contributed by atoms with Crippen LogP contribution in [-0.2, 0) is 0 Å². The fraction of sp³-hybridized carbons (Fsp3) is 0.0227. The van der Waals surface area contributed by atoms with Gasteiger partial charge in [-0.1, -0.05) is 127 Å². The fourth-order valence-corrected chi connectivity index (χ4v) is 7.40. The lowest BCUT2D eigenvalue weighted by Gasteiger charge is -2.25. The van der Waals surface area contributed by atoms with Crippen molar-refractivity contribution >= 4 is 49.4 Å². The highest BCUT2D eigenvalue weighted by molar-refractivity contribution is 6.23. The molecule has 1 N–H and O–H groups in total. The number of hydrogen-bond donors (Lipinski definition) is 1. The van der Waals surface area contributed by atoms with Gasteiger partial charge < -0.3 is 14.3 Å². The number of benzene rings is 7. The summed E-state index contributed by atoms with van der Waals surface area (Å²) in [6.07, 6.45) is -0.400. The van der Waals surface area contributed by atoms with E-state index in [0.29, 0.717) is 0 Å². The van der Waals surface area contributed by atoms with Crippen molar-refractivity contribution in [3.05, 3.63) is 180 Å². The maximum atomic E-state index is 6.62. The number of nitrogens with zero attached hydrogens (tertiary/aromatic N) is 2. The van der Waals surface area contributed by atoms with E-state index in [9.17, 15) is 0 Å². The van der Waals surface area contributed by atoms with Crippen molar-refractivity contribution in [2.45, 2.75) is 6.29 Å². The summed E-state index contributed by atoms with van der Waals surface area (Å²) in [6, 6.07) is 57.8. The lowest BCUT2D eigenvalue weighted by atomic mass is 10.0. The first-order valence-corrected chi connectivity index (χ1v) is 16.3. The van der Waals surface area contributed by atoms with Crippen LogP contribution in [0, 0.1) is 0 Å². The maximum Gasteiger partial charge on any atom is 0.201 e. The van der Waals surface area contributed by atoms with Crippen LogP contribution in [0.3, 0.4) is 0 Å². The molecule has 3 heterocycles. The van der Waals surface area contributed by atoms with Gasteiger partial charge in [-0.25, -0.2) is 4.99 Å². The number of nitrogens with one attached hydrogen (secondary N) is 1. The van der Waals surface area contributed by atoms with Gasteiger partial charge in [-0.2, -0.15) is 0 Å². The van der Waals surface area contributed by atoms with Crippen LogP contribution in [-0.4, -0.2) is 4.57 Å². The van der Waals surface area contributed by atoms with Crippen molar-refractivity contribution in [1.29, 1.82) is 0 Å². The van der Waals surface area contributed by atoms with E-state index in [1.54, 1.807) is 0 Å². The van der Waals surface area contributed by atoms with Crippen molar-refractivity contribution in [3.8, 4) is 22.3 Å². The summed E-state index contributed by atoms with van der Waals surface area (Å²) in [5, 5.41) is 10.4. The summed E-state index contributed by atoms with van der Waals surface area (Å²) in [5.41, 5.74) is 10.8. The normalized spacial score (nSPS) is 14.3. The van der Waals surface area contributed by atoms with Crippen LogP contribution in [0.4, 0.5) is 0 Å². The second-order valence-electron chi connectivity index (χ2n) is 12.4. The molecule has 0 bridgehead atoms. The molecule has 0 spiro atoms. The molecule has 48 heavy (non-hydrogen) atoms. The van der Waals surface area contributed by atoms with E-state index in [-0.39, 0.29) is 0 Å². The topological polar surface area (TPSA) is 42.5 Å². The Morgan fingerprint density at radius 1 is 0.500 bits per heavy atom. The third-order valence-electron chi connectivity index (χ3n) is 9.63. The molecule has 4 nitrogen and oxygen atoms in total. The zero-order chi connectivity index (χ0) is 31.6. The minimum Gasteiger partial charge on any atom is -0.455 e. The summed E-state index contributed by atoms with van der Waals surface area (Å²) in [4.78, 5) is 5.37. The number of furan rings is 1. The molecule has 4 heteroatoms. The number of rotatable bonds is 4. The Morgan fingerprint density at radius 2 is 1.17 bits per heavy atom. The summed E-state index contributed by atoms with van der Waals surface area (Å²) < 4.78 is 8.97. The Balaban J connectivity index is 1.24. The molecule has 10 rings (SSSR count). The second-order valence-corrected chi connectivity index (χ2v) is 12.4. The highest BCUT2D eigenvalue weighted by atomic mass is 16.3. The number of hydrogen-bond acceptors (Lipinski definition) is 3. The summed E-state index contributed by atoms with van der Waals surface area (Å²) in [6.45, 7) is 0. The van der Waals surface area contributed by atoms with E-state index in [4.69, 9.17) is 9.41 Å². The minimum atomic E-state index is -0.400. The average molecular weight is 616 g/mol. The van der Waals surface area contributed by atoms with Gasteiger partial charge in [0.25, 0.3) is 0 Å². The van der Waals surface area contributed by atoms with E-state index in [1.807, 2.05) is 12.1 Å². The average Bonchev–Trinajstić information content (AvgIpc) is 3.70. The van der Waals surface area contributed by atoms with E-state index in [0.717, 1.165) is 71.1 Å². The summed E-state index contributed by atoms with van der Waals surface area (Å²) in [7, 11) is 0. The molecule has 0 aliphatic carbocycles. The molecule has 0 amide bonds. The van der Waals surface area contributed by atoms with E-state index < -0.39 is 6.29 Å². The van der Waals surface area contributed by atoms with Gasteiger partial charge in [0, 0.05) is 21.4 Å². The monoisotopic (exact) mass is 615 g/mol. The molecule has 1 aliphatic heterocycles. The van der Waals surface area contributed by atoms with Crippen LogP contribution in [0.2, 0.25) is 0 Å². The van der Waals surface area contributed by atoms with Gasteiger partial charge >= 0.3 is 0 Å². The van der Waals surface area contributed by atoms with Crippen LogP contribution >= 0.6 is 0 Å². The molecule has 0 fully saturated rings. The van der Waals surface area contributed by atoms with Crippen LogP contribution in [0.15, 0.2) is 173 Å². The Morgan fingerprint density at radius 3 is 2.00 bits per heavy atom. The van der Waals surface area contributed by atoms with Crippen LogP contribution in [0.25, 0.3) is 71.7 Å². The maximum absolute atomic E-state index is 6.62. The molecular weight excluding hydrogens is 587 g/mol. The molecule has 7 aromatic carbocycles. The molecule has 1 unspecified atom stereocenters. The molecule has 1 aliphatic rings. The Labute approximate surface area is 276 Å². The Hall–Kier alpha value is -6.39. The Kier molecular flexibility index (Phi) is 5.90. The molecule has 2 aromatic heterocycles. The van der Waals surface area contributed by atoms with Crippen molar-refractivity contribution < 1.29 is 4.42 Å². The second kappa shape index (κ2) is 10.6. The quantitative estimate of drug-likeness (QED) is 0.214. The van der Waals surface area contributed by atoms with Gasteiger partial charge in [-0.3, -0.25) is 0 Å². The molecule has 0 saturated heterocycles.